The smallest absolute Gasteiger partial charge is 0.256 e. The van der Waals surface area contributed by atoms with Gasteiger partial charge in [0.05, 0.1) is 12.2 Å². The summed E-state index contributed by atoms with van der Waals surface area (Å²) >= 11 is 0. The minimum atomic E-state index is -1.33. The molecule has 1 fully saturated rings. The van der Waals surface area contributed by atoms with Crippen LogP contribution in [0.2, 0.25) is 0 Å². The first-order valence-electron chi connectivity index (χ1n) is 13.8. The fourth-order valence-electron chi connectivity index (χ4n) is 4.11. The molecular weight excluding hydrogens is 505 g/mol. The summed E-state index contributed by atoms with van der Waals surface area (Å²) < 4.78 is 26.2. The van der Waals surface area contributed by atoms with Crippen molar-refractivity contribution >= 4 is 11.8 Å². The second-order valence-electron chi connectivity index (χ2n) is 10.7. The molecule has 1 heterocycles. The minimum Gasteiger partial charge on any atom is -0.388 e. The van der Waals surface area contributed by atoms with E-state index >= 15 is 0 Å². The molecule has 0 bridgehead atoms. The van der Waals surface area contributed by atoms with Crippen LogP contribution in [-0.2, 0) is 14.3 Å². The van der Waals surface area contributed by atoms with Gasteiger partial charge in [0.1, 0.15) is 24.1 Å². The van der Waals surface area contributed by atoms with Gasteiger partial charge in [-0.2, -0.15) is 0 Å². The number of benzene rings is 1. The highest BCUT2D eigenvalue weighted by molar-refractivity contribution is 5.94. The summed E-state index contributed by atoms with van der Waals surface area (Å²) in [7, 11) is 3.82. The molecule has 220 valence electrons. The van der Waals surface area contributed by atoms with Gasteiger partial charge < -0.3 is 34.4 Å². The molecule has 2 amide bonds. The van der Waals surface area contributed by atoms with Gasteiger partial charge in [-0.25, -0.2) is 4.39 Å². The quantitative estimate of drug-likeness (QED) is 0.478. The van der Waals surface area contributed by atoms with E-state index in [1.54, 1.807) is 17.0 Å². The van der Waals surface area contributed by atoms with Gasteiger partial charge in [0.2, 0.25) is 5.91 Å². The van der Waals surface area contributed by atoms with E-state index in [1.165, 1.54) is 29.2 Å². The largest absolute Gasteiger partial charge is 0.388 e. The molecule has 1 aromatic carbocycles. The zero-order valence-corrected chi connectivity index (χ0v) is 23.8. The standard InChI is InChI=1S/C29H46FN3O6/c1-22(2)13-19-39-26-20-33(29(37)23-10-5-6-11-24(23)30)17-16-32(27(35)12-9-14-31(3)4)15-7-8-18-38-21-25(34)28(26)36/h5-6,9-12,22,25-26,28,34,36H,7-8,13-21H2,1-4H3/b12-9+/t25-,26-,28-/m1/s1. The van der Waals surface area contributed by atoms with E-state index in [9.17, 15) is 24.2 Å². The third kappa shape index (κ3) is 11.7. The molecule has 10 heteroatoms. The van der Waals surface area contributed by atoms with Crippen molar-refractivity contribution < 1.29 is 33.7 Å². The maximum absolute atomic E-state index is 14.6. The van der Waals surface area contributed by atoms with Crippen molar-refractivity contribution in [2.24, 2.45) is 5.92 Å². The van der Waals surface area contributed by atoms with Gasteiger partial charge >= 0.3 is 0 Å². The average molecular weight is 552 g/mol. The Bertz CT molecular complexity index is 913. The van der Waals surface area contributed by atoms with Gasteiger partial charge in [0.15, 0.2) is 0 Å². The molecule has 3 atom stereocenters. The predicted molar refractivity (Wildman–Crippen MR) is 148 cm³/mol. The average Bonchev–Trinajstić information content (AvgIpc) is 2.88. The second-order valence-corrected chi connectivity index (χ2v) is 10.7. The Hall–Kier alpha value is -2.37. The summed E-state index contributed by atoms with van der Waals surface area (Å²) in [6.07, 6.45) is 1.86. The highest BCUT2D eigenvalue weighted by atomic mass is 19.1. The fourth-order valence-corrected chi connectivity index (χ4v) is 4.11. The van der Waals surface area contributed by atoms with E-state index in [-0.39, 0.29) is 37.7 Å². The molecule has 1 aliphatic heterocycles. The van der Waals surface area contributed by atoms with E-state index in [1.807, 2.05) is 32.8 Å². The number of carbonyl (C=O) groups is 2. The molecule has 0 aromatic heterocycles. The summed E-state index contributed by atoms with van der Waals surface area (Å²) in [6.45, 7) is 5.97. The van der Waals surface area contributed by atoms with Gasteiger partial charge in [0.25, 0.3) is 5.91 Å². The number of carbonyl (C=O) groups excluding carboxylic acids is 2. The summed E-state index contributed by atoms with van der Waals surface area (Å²) in [4.78, 5) is 31.6. The summed E-state index contributed by atoms with van der Waals surface area (Å²) in [5, 5.41) is 21.6. The van der Waals surface area contributed by atoms with Gasteiger partial charge in [-0.05, 0) is 51.4 Å². The maximum atomic E-state index is 14.6. The van der Waals surface area contributed by atoms with E-state index < -0.39 is 30.0 Å². The highest BCUT2D eigenvalue weighted by Gasteiger charge is 2.32. The third-order valence-electron chi connectivity index (χ3n) is 6.53. The minimum absolute atomic E-state index is 0.0949. The Morgan fingerprint density at radius 2 is 1.87 bits per heavy atom. The lowest BCUT2D eigenvalue weighted by molar-refractivity contribution is -0.127. The molecule has 1 saturated heterocycles. The van der Waals surface area contributed by atoms with Crippen LogP contribution in [-0.4, -0.2) is 122 Å². The van der Waals surface area contributed by atoms with E-state index in [0.29, 0.717) is 45.1 Å². The first kappa shape index (κ1) is 32.8. The van der Waals surface area contributed by atoms with Crippen molar-refractivity contribution in [3.05, 3.63) is 47.8 Å². The summed E-state index contributed by atoms with van der Waals surface area (Å²) in [6, 6.07) is 5.71. The van der Waals surface area contributed by atoms with Crippen molar-refractivity contribution in [3.8, 4) is 0 Å². The molecule has 2 N–H and O–H groups in total. The molecule has 2 rings (SSSR count). The van der Waals surface area contributed by atoms with Crippen molar-refractivity contribution in [3.63, 3.8) is 0 Å². The van der Waals surface area contributed by atoms with Crippen LogP contribution in [0.25, 0.3) is 0 Å². The topological polar surface area (TPSA) is 103 Å². The molecular formula is C29H46FN3O6. The van der Waals surface area contributed by atoms with Crippen LogP contribution >= 0.6 is 0 Å². The molecule has 1 aliphatic rings. The predicted octanol–water partition coefficient (Wildman–Crippen LogP) is 2.18. The molecule has 1 aromatic rings. The Morgan fingerprint density at radius 3 is 2.56 bits per heavy atom. The molecule has 0 unspecified atom stereocenters. The normalized spacial score (nSPS) is 22.4. The number of halogens is 1. The van der Waals surface area contributed by atoms with Crippen LogP contribution in [0.5, 0.6) is 0 Å². The number of rotatable bonds is 8. The zero-order chi connectivity index (χ0) is 28.8. The molecule has 0 spiro atoms. The first-order valence-corrected chi connectivity index (χ1v) is 13.8. The van der Waals surface area contributed by atoms with Gasteiger partial charge in [0, 0.05) is 52.0 Å². The Kier molecular flexibility index (Phi) is 14.6. The van der Waals surface area contributed by atoms with Crippen LogP contribution in [0.1, 0.15) is 43.5 Å². The van der Waals surface area contributed by atoms with Crippen LogP contribution in [0, 0.1) is 11.7 Å². The van der Waals surface area contributed by atoms with Crippen LogP contribution < -0.4 is 0 Å². The lowest BCUT2D eigenvalue weighted by atomic mass is 10.1. The number of amides is 2. The van der Waals surface area contributed by atoms with E-state index in [2.05, 4.69) is 0 Å². The molecule has 0 aliphatic carbocycles. The zero-order valence-electron chi connectivity index (χ0n) is 23.8. The first-order chi connectivity index (χ1) is 18.6. The van der Waals surface area contributed by atoms with Crippen molar-refractivity contribution in [2.45, 2.75) is 51.4 Å². The van der Waals surface area contributed by atoms with Crippen LogP contribution in [0.3, 0.4) is 0 Å². The number of ether oxygens (including phenoxy) is 2. The van der Waals surface area contributed by atoms with E-state index in [4.69, 9.17) is 9.47 Å². The number of likely N-dealkylation sites (N-methyl/N-ethyl adjacent to an activating group) is 1. The third-order valence-corrected chi connectivity index (χ3v) is 6.53. The second kappa shape index (κ2) is 17.3. The number of hydrogen-bond acceptors (Lipinski definition) is 7. The number of hydrogen-bond donors (Lipinski definition) is 2. The molecule has 9 nitrogen and oxygen atoms in total. The fraction of sp³-hybridized carbons (Fsp3) is 0.655. The molecule has 0 saturated carbocycles. The highest BCUT2D eigenvalue weighted by Crippen LogP contribution is 2.16. The lowest BCUT2D eigenvalue weighted by Gasteiger charge is -2.34. The maximum Gasteiger partial charge on any atom is 0.256 e. The SMILES string of the molecule is CC(C)CCO[C@@H]1CN(C(=O)c2ccccc2F)CCN(C(=O)/C=C/CN(C)C)CCCCOC[C@@H](O)[C@H]1O. The molecule has 0 radical (unpaired) electrons. The van der Waals surface area contributed by atoms with Crippen molar-refractivity contribution in [1.82, 2.24) is 14.7 Å². The van der Waals surface area contributed by atoms with Gasteiger partial charge in [-0.3, -0.25) is 9.59 Å². The van der Waals surface area contributed by atoms with E-state index in [0.717, 1.165) is 6.42 Å². The summed E-state index contributed by atoms with van der Waals surface area (Å²) in [5.74, 6) is -1.06. The van der Waals surface area contributed by atoms with Gasteiger partial charge in [-0.15, -0.1) is 0 Å². The number of aliphatic hydroxyl groups is 2. The number of aliphatic hydroxyl groups excluding tert-OH is 2. The Morgan fingerprint density at radius 1 is 1.15 bits per heavy atom. The Balaban J connectivity index is 2.35. The molecule has 39 heavy (non-hydrogen) atoms. The monoisotopic (exact) mass is 551 g/mol. The summed E-state index contributed by atoms with van der Waals surface area (Å²) in [5.41, 5.74) is -0.110. The van der Waals surface area contributed by atoms with Crippen molar-refractivity contribution in [2.75, 3.05) is 66.6 Å². The van der Waals surface area contributed by atoms with Crippen LogP contribution in [0.4, 0.5) is 4.39 Å². The van der Waals surface area contributed by atoms with Gasteiger partial charge in [-0.1, -0.05) is 32.1 Å². The Labute approximate surface area is 232 Å². The van der Waals surface area contributed by atoms with Crippen molar-refractivity contribution in [1.29, 1.82) is 0 Å². The van der Waals surface area contributed by atoms with Crippen LogP contribution in [0.15, 0.2) is 36.4 Å². The lowest BCUT2D eigenvalue weighted by Crippen LogP contribution is -2.51. The number of nitrogens with zero attached hydrogens (tertiary/aromatic N) is 3.